The number of carbonyl (C=O) groups excluding carboxylic acids is 3. The molecule has 1 aliphatic heterocycles. The van der Waals surface area contributed by atoms with Gasteiger partial charge in [-0.05, 0) is 37.8 Å². The highest BCUT2D eigenvalue weighted by Gasteiger charge is 2.31. The monoisotopic (exact) mass is 441 g/mol. The summed E-state index contributed by atoms with van der Waals surface area (Å²) in [6, 6.07) is 9.32. The number of amides is 3. The van der Waals surface area contributed by atoms with Crippen LogP contribution in [0.25, 0.3) is 0 Å². The van der Waals surface area contributed by atoms with Crippen molar-refractivity contribution in [3.05, 3.63) is 40.3 Å². The van der Waals surface area contributed by atoms with E-state index in [-0.39, 0.29) is 33.8 Å². The highest BCUT2D eigenvalue weighted by molar-refractivity contribution is 7.15. The van der Waals surface area contributed by atoms with E-state index in [1.54, 1.807) is 17.0 Å². The Kier molecular flexibility index (Phi) is 6.91. The summed E-state index contributed by atoms with van der Waals surface area (Å²) in [5.74, 6) is -0.824. The van der Waals surface area contributed by atoms with Crippen LogP contribution in [0.4, 0.5) is 5.69 Å². The summed E-state index contributed by atoms with van der Waals surface area (Å²) in [5.41, 5.74) is 0.651. The summed E-state index contributed by atoms with van der Waals surface area (Å²) in [4.78, 5) is 39.7. The number of hydrogen-bond donors (Lipinski definition) is 2. The van der Waals surface area contributed by atoms with E-state index in [1.165, 1.54) is 6.42 Å². The van der Waals surface area contributed by atoms with Crippen molar-refractivity contribution in [3.63, 3.8) is 0 Å². The highest BCUT2D eigenvalue weighted by atomic mass is 32.1. The average Bonchev–Trinajstić information content (AvgIpc) is 3.30. The molecular weight excluding hydrogens is 414 g/mol. The lowest BCUT2D eigenvalue weighted by Crippen LogP contribution is -2.47. The lowest BCUT2D eigenvalue weighted by Gasteiger charge is -2.33. The van der Waals surface area contributed by atoms with Crippen molar-refractivity contribution in [2.75, 3.05) is 18.4 Å². The molecule has 8 nitrogen and oxygen atoms in total. The fraction of sp³-hybridized carbons (Fsp3) is 0.500. The van der Waals surface area contributed by atoms with Crippen molar-refractivity contribution in [2.24, 2.45) is 5.92 Å². The fourth-order valence-electron chi connectivity index (χ4n) is 4.18. The number of carbonyl (C=O) groups is 3. The standard InChI is InChI=1S/C22H27N5O3S/c28-18(23-16-9-3-1-4-10-16)15-8-7-13-27(14-15)22(30)21-26-25-20(31-21)19(29)24-17-11-5-2-6-12-17/h2,5-6,11-12,15-16H,1,3-4,7-10,13-14H2,(H,23,28)(H,24,29). The zero-order valence-electron chi connectivity index (χ0n) is 17.4. The van der Waals surface area contributed by atoms with Gasteiger partial charge in [0.15, 0.2) is 0 Å². The molecule has 1 aromatic heterocycles. The summed E-state index contributed by atoms with van der Waals surface area (Å²) < 4.78 is 0. The quantitative estimate of drug-likeness (QED) is 0.742. The summed E-state index contributed by atoms with van der Waals surface area (Å²) in [5, 5.41) is 14.0. The SMILES string of the molecule is O=C(Nc1ccccc1)c1nnc(C(=O)N2CCCC(C(=O)NC3CCCCC3)C2)s1. The Bertz CT molecular complexity index is 926. The van der Waals surface area contributed by atoms with Crippen LogP contribution >= 0.6 is 11.3 Å². The van der Waals surface area contributed by atoms with Crippen molar-refractivity contribution >= 4 is 34.7 Å². The molecular formula is C22H27N5O3S. The number of aromatic nitrogens is 2. The molecule has 2 aliphatic rings. The van der Waals surface area contributed by atoms with Gasteiger partial charge in [-0.25, -0.2) is 0 Å². The second-order valence-electron chi connectivity index (χ2n) is 8.17. The Balaban J connectivity index is 1.34. The molecule has 31 heavy (non-hydrogen) atoms. The van der Waals surface area contributed by atoms with Crippen molar-refractivity contribution in [3.8, 4) is 0 Å². The van der Waals surface area contributed by atoms with E-state index in [0.29, 0.717) is 18.8 Å². The first-order valence-corrected chi connectivity index (χ1v) is 11.7. The second-order valence-corrected chi connectivity index (χ2v) is 9.14. The van der Waals surface area contributed by atoms with Crippen LogP contribution in [0.5, 0.6) is 0 Å². The molecule has 9 heteroatoms. The van der Waals surface area contributed by atoms with E-state index in [1.807, 2.05) is 18.2 Å². The molecule has 1 atom stereocenters. The van der Waals surface area contributed by atoms with E-state index in [4.69, 9.17) is 0 Å². The third kappa shape index (κ3) is 5.46. The van der Waals surface area contributed by atoms with E-state index >= 15 is 0 Å². The second kappa shape index (κ2) is 10.00. The molecule has 2 heterocycles. The van der Waals surface area contributed by atoms with Crippen LogP contribution in [-0.2, 0) is 4.79 Å². The van der Waals surface area contributed by atoms with Crippen LogP contribution in [0, 0.1) is 5.92 Å². The molecule has 2 N–H and O–H groups in total. The van der Waals surface area contributed by atoms with Gasteiger partial charge in [0.25, 0.3) is 11.8 Å². The van der Waals surface area contributed by atoms with Gasteiger partial charge < -0.3 is 15.5 Å². The van der Waals surface area contributed by atoms with E-state index in [0.717, 1.165) is 49.9 Å². The van der Waals surface area contributed by atoms with E-state index < -0.39 is 5.91 Å². The lowest BCUT2D eigenvalue weighted by molar-refractivity contribution is -0.127. The van der Waals surface area contributed by atoms with Crippen LogP contribution in [0.3, 0.4) is 0 Å². The van der Waals surface area contributed by atoms with E-state index in [2.05, 4.69) is 20.8 Å². The average molecular weight is 442 g/mol. The van der Waals surface area contributed by atoms with Gasteiger partial charge in [-0.3, -0.25) is 14.4 Å². The first-order chi connectivity index (χ1) is 15.1. The Morgan fingerprint density at radius 2 is 1.68 bits per heavy atom. The molecule has 1 aromatic carbocycles. The topological polar surface area (TPSA) is 104 Å². The van der Waals surface area contributed by atoms with Crippen LogP contribution in [0.2, 0.25) is 0 Å². The third-order valence-corrected chi connectivity index (χ3v) is 6.77. The molecule has 2 aromatic rings. The number of benzene rings is 1. The summed E-state index contributed by atoms with van der Waals surface area (Å²) in [6.45, 7) is 0.958. The number of hydrogen-bond acceptors (Lipinski definition) is 6. The van der Waals surface area contributed by atoms with Gasteiger partial charge in [-0.1, -0.05) is 48.8 Å². The van der Waals surface area contributed by atoms with Gasteiger partial charge in [0.1, 0.15) is 0 Å². The largest absolute Gasteiger partial charge is 0.353 e. The molecule has 1 unspecified atom stereocenters. The number of para-hydroxylation sites is 1. The van der Waals surface area contributed by atoms with Crippen molar-refractivity contribution < 1.29 is 14.4 Å². The molecule has 164 valence electrons. The van der Waals surface area contributed by atoms with Crippen molar-refractivity contribution in [1.82, 2.24) is 20.4 Å². The minimum Gasteiger partial charge on any atom is -0.353 e. The number of nitrogens with one attached hydrogen (secondary N) is 2. The summed E-state index contributed by atoms with van der Waals surface area (Å²) in [6.07, 6.45) is 7.21. The molecule has 4 rings (SSSR count). The van der Waals surface area contributed by atoms with Gasteiger partial charge in [-0.2, -0.15) is 0 Å². The Morgan fingerprint density at radius 1 is 0.935 bits per heavy atom. The molecule has 1 aliphatic carbocycles. The van der Waals surface area contributed by atoms with Gasteiger partial charge in [0.05, 0.1) is 5.92 Å². The van der Waals surface area contributed by atoms with Crippen LogP contribution in [-0.4, -0.2) is 52.0 Å². The Morgan fingerprint density at radius 3 is 2.45 bits per heavy atom. The van der Waals surface area contributed by atoms with E-state index in [9.17, 15) is 14.4 Å². The summed E-state index contributed by atoms with van der Waals surface area (Å²) in [7, 11) is 0. The minimum atomic E-state index is -0.397. The zero-order valence-corrected chi connectivity index (χ0v) is 18.2. The van der Waals surface area contributed by atoms with Crippen LogP contribution in [0.15, 0.2) is 30.3 Å². The fourth-order valence-corrected chi connectivity index (χ4v) is 4.89. The maximum Gasteiger partial charge on any atom is 0.286 e. The van der Waals surface area contributed by atoms with Crippen LogP contribution < -0.4 is 10.6 Å². The molecule has 1 saturated heterocycles. The van der Waals surface area contributed by atoms with Crippen LogP contribution in [0.1, 0.15) is 64.6 Å². The van der Waals surface area contributed by atoms with Gasteiger partial charge in [-0.15, -0.1) is 10.2 Å². The zero-order chi connectivity index (χ0) is 21.6. The van der Waals surface area contributed by atoms with Crippen molar-refractivity contribution in [1.29, 1.82) is 0 Å². The van der Waals surface area contributed by atoms with Gasteiger partial charge in [0.2, 0.25) is 15.9 Å². The molecule has 2 fully saturated rings. The highest BCUT2D eigenvalue weighted by Crippen LogP contribution is 2.23. The number of likely N-dealkylation sites (tertiary alicyclic amines) is 1. The molecule has 0 radical (unpaired) electrons. The maximum absolute atomic E-state index is 12.9. The predicted octanol–water partition coefficient (Wildman–Crippen LogP) is 3.09. The number of anilines is 1. The number of nitrogens with zero attached hydrogens (tertiary/aromatic N) is 3. The smallest absolute Gasteiger partial charge is 0.286 e. The normalized spacial score (nSPS) is 19.6. The molecule has 1 saturated carbocycles. The first kappa shape index (κ1) is 21.4. The molecule has 3 amide bonds. The number of rotatable bonds is 5. The third-order valence-electron chi connectivity index (χ3n) is 5.86. The van der Waals surface area contributed by atoms with Crippen molar-refractivity contribution in [2.45, 2.75) is 51.0 Å². The van der Waals surface area contributed by atoms with Gasteiger partial charge in [0, 0.05) is 24.8 Å². The lowest BCUT2D eigenvalue weighted by atomic mass is 9.93. The summed E-state index contributed by atoms with van der Waals surface area (Å²) >= 11 is 0.974. The Labute approximate surface area is 185 Å². The Hall–Kier alpha value is -2.81. The molecule has 0 spiro atoms. The number of piperidine rings is 1. The molecule has 0 bridgehead atoms. The predicted molar refractivity (Wildman–Crippen MR) is 118 cm³/mol. The minimum absolute atomic E-state index is 0.0459. The van der Waals surface area contributed by atoms with Gasteiger partial charge >= 0.3 is 0 Å². The first-order valence-electron chi connectivity index (χ1n) is 10.9. The maximum atomic E-state index is 12.9.